The molecule has 0 spiro atoms. The smallest absolute Gasteiger partial charge is 0.387 e. The van der Waals surface area contributed by atoms with Gasteiger partial charge < -0.3 is 15.2 Å². The molecule has 0 radical (unpaired) electrons. The van der Waals surface area contributed by atoms with E-state index in [4.69, 9.17) is 10.5 Å². The molecule has 2 aromatic carbocycles. The molecule has 0 atom stereocenters. The van der Waals surface area contributed by atoms with Gasteiger partial charge in [-0.2, -0.15) is 18.4 Å². The number of ether oxygens (including phenoxy) is 2. The highest BCUT2D eigenvalue weighted by atomic mass is 19.3. The number of nitrogens with zero attached hydrogens (tertiary/aromatic N) is 3. The second-order valence-electron chi connectivity index (χ2n) is 5.92. The molecule has 4 rings (SSSR count). The van der Waals surface area contributed by atoms with Crippen molar-refractivity contribution in [3.63, 3.8) is 0 Å². The van der Waals surface area contributed by atoms with Gasteiger partial charge in [-0.25, -0.2) is 4.98 Å². The van der Waals surface area contributed by atoms with Gasteiger partial charge in [-0.3, -0.25) is 0 Å². The van der Waals surface area contributed by atoms with Crippen molar-refractivity contribution in [1.29, 1.82) is 0 Å². The summed E-state index contributed by atoms with van der Waals surface area (Å²) in [5, 5.41) is 5.31. The quantitative estimate of drug-likeness (QED) is 0.580. The van der Waals surface area contributed by atoms with Gasteiger partial charge in [0.15, 0.2) is 0 Å². The number of nitrogen functional groups attached to an aromatic ring is 1. The van der Waals surface area contributed by atoms with Crippen LogP contribution < -0.4 is 15.2 Å². The molecule has 0 unspecified atom stereocenters. The standard InChI is InChI=1S/C19H16F2N4O2/c1-26-16-8-4-6-13-14-10-12(24-25(14)19(22)23-17(13)16)9-11-5-2-3-7-15(11)27-18(20)21/h2-8,10,18H,9H2,1H3,(H2,22,23). The summed E-state index contributed by atoms with van der Waals surface area (Å²) in [6.45, 7) is -2.89. The van der Waals surface area contributed by atoms with Gasteiger partial charge in [0.1, 0.15) is 17.0 Å². The first kappa shape index (κ1) is 17.0. The first-order valence-corrected chi connectivity index (χ1v) is 8.20. The minimum absolute atomic E-state index is 0.127. The molecule has 8 heteroatoms. The highest BCUT2D eigenvalue weighted by Gasteiger charge is 2.15. The maximum atomic E-state index is 12.6. The number of aromatic nitrogens is 3. The summed E-state index contributed by atoms with van der Waals surface area (Å²) >= 11 is 0. The molecule has 4 aromatic rings. The Morgan fingerprint density at radius 3 is 2.67 bits per heavy atom. The number of para-hydroxylation sites is 2. The Morgan fingerprint density at radius 1 is 1.11 bits per heavy atom. The number of anilines is 1. The Kier molecular flexibility index (Phi) is 4.23. The molecule has 0 aliphatic rings. The lowest BCUT2D eigenvalue weighted by molar-refractivity contribution is -0.0503. The van der Waals surface area contributed by atoms with E-state index in [0.717, 1.165) is 10.9 Å². The minimum atomic E-state index is -2.89. The van der Waals surface area contributed by atoms with Crippen LogP contribution in [0.15, 0.2) is 48.5 Å². The van der Waals surface area contributed by atoms with Crippen molar-refractivity contribution in [2.75, 3.05) is 12.8 Å². The van der Waals surface area contributed by atoms with Crippen LogP contribution in [-0.4, -0.2) is 28.3 Å². The number of fused-ring (bicyclic) bond motifs is 3. The summed E-state index contributed by atoms with van der Waals surface area (Å²) in [6.07, 6.45) is 0.315. The summed E-state index contributed by atoms with van der Waals surface area (Å²) < 4.78 is 36.7. The van der Waals surface area contributed by atoms with E-state index in [-0.39, 0.29) is 11.7 Å². The van der Waals surface area contributed by atoms with E-state index >= 15 is 0 Å². The van der Waals surface area contributed by atoms with E-state index in [1.807, 2.05) is 18.2 Å². The molecule has 138 valence electrons. The Hall–Kier alpha value is -3.42. The Bertz CT molecular complexity index is 1130. The Morgan fingerprint density at radius 2 is 1.89 bits per heavy atom. The lowest BCUT2D eigenvalue weighted by Gasteiger charge is -2.09. The molecule has 0 amide bonds. The Balaban J connectivity index is 1.81. The molecule has 27 heavy (non-hydrogen) atoms. The second-order valence-corrected chi connectivity index (χ2v) is 5.92. The van der Waals surface area contributed by atoms with Crippen LogP contribution in [0.1, 0.15) is 11.3 Å². The van der Waals surface area contributed by atoms with Gasteiger partial charge in [-0.05, 0) is 18.2 Å². The fourth-order valence-corrected chi connectivity index (χ4v) is 3.11. The van der Waals surface area contributed by atoms with Gasteiger partial charge in [-0.1, -0.05) is 30.3 Å². The van der Waals surface area contributed by atoms with Crippen LogP contribution in [0.3, 0.4) is 0 Å². The second kappa shape index (κ2) is 6.71. The first-order valence-electron chi connectivity index (χ1n) is 8.20. The minimum Gasteiger partial charge on any atom is -0.494 e. The van der Waals surface area contributed by atoms with E-state index in [1.165, 1.54) is 10.6 Å². The molecule has 0 aliphatic heterocycles. The van der Waals surface area contributed by atoms with Gasteiger partial charge in [0.2, 0.25) is 5.95 Å². The van der Waals surface area contributed by atoms with Crippen molar-refractivity contribution in [3.05, 3.63) is 59.8 Å². The third-order valence-electron chi connectivity index (χ3n) is 4.26. The number of nitrogens with two attached hydrogens (primary N) is 1. The van der Waals surface area contributed by atoms with E-state index in [0.29, 0.717) is 28.9 Å². The predicted octanol–water partition coefficient (Wildman–Crippen LogP) is 3.67. The van der Waals surface area contributed by atoms with Gasteiger partial charge in [0.25, 0.3) is 0 Å². The van der Waals surface area contributed by atoms with E-state index in [9.17, 15) is 8.78 Å². The summed E-state index contributed by atoms with van der Waals surface area (Å²) in [5.41, 5.74) is 8.72. The average molecular weight is 370 g/mol. The molecule has 0 bridgehead atoms. The summed E-state index contributed by atoms with van der Waals surface area (Å²) in [4.78, 5) is 4.38. The number of hydrogen-bond donors (Lipinski definition) is 1. The molecule has 0 fully saturated rings. The number of hydrogen-bond acceptors (Lipinski definition) is 5. The van der Waals surface area contributed by atoms with Crippen molar-refractivity contribution in [2.24, 2.45) is 0 Å². The number of benzene rings is 2. The maximum absolute atomic E-state index is 12.6. The fourth-order valence-electron chi connectivity index (χ4n) is 3.11. The third-order valence-corrected chi connectivity index (χ3v) is 4.26. The summed E-state index contributed by atoms with van der Waals surface area (Å²) in [7, 11) is 1.57. The molecule has 0 aliphatic carbocycles. The van der Waals surface area contributed by atoms with Gasteiger partial charge in [0.05, 0.1) is 18.3 Å². The maximum Gasteiger partial charge on any atom is 0.387 e. The van der Waals surface area contributed by atoms with E-state index < -0.39 is 6.61 Å². The summed E-state index contributed by atoms with van der Waals surface area (Å²) in [5.74, 6) is 0.952. The first-order chi connectivity index (χ1) is 13.1. The number of rotatable bonds is 5. The Labute approximate surface area is 153 Å². The molecule has 0 saturated heterocycles. The number of halogens is 2. The highest BCUT2D eigenvalue weighted by Crippen LogP contribution is 2.30. The number of methoxy groups -OCH3 is 1. The van der Waals surface area contributed by atoms with Gasteiger partial charge in [0, 0.05) is 17.4 Å². The van der Waals surface area contributed by atoms with Gasteiger partial charge >= 0.3 is 6.61 Å². The van der Waals surface area contributed by atoms with Crippen LogP contribution in [0.4, 0.5) is 14.7 Å². The van der Waals surface area contributed by atoms with Crippen molar-refractivity contribution in [2.45, 2.75) is 13.0 Å². The molecule has 2 N–H and O–H groups in total. The average Bonchev–Trinajstić information content (AvgIpc) is 3.07. The molecule has 2 aromatic heterocycles. The molecule has 6 nitrogen and oxygen atoms in total. The van der Waals surface area contributed by atoms with Crippen LogP contribution in [0.25, 0.3) is 16.4 Å². The summed E-state index contributed by atoms with van der Waals surface area (Å²) in [6, 6.07) is 14.1. The zero-order valence-electron chi connectivity index (χ0n) is 14.4. The van der Waals surface area contributed by atoms with Crippen LogP contribution in [0.2, 0.25) is 0 Å². The zero-order chi connectivity index (χ0) is 19.0. The number of alkyl halides is 2. The van der Waals surface area contributed by atoms with E-state index in [1.54, 1.807) is 31.4 Å². The lowest BCUT2D eigenvalue weighted by atomic mass is 10.1. The monoisotopic (exact) mass is 370 g/mol. The highest BCUT2D eigenvalue weighted by molar-refractivity contribution is 5.97. The normalized spacial score (nSPS) is 11.4. The van der Waals surface area contributed by atoms with Gasteiger partial charge in [-0.15, -0.1) is 0 Å². The third kappa shape index (κ3) is 3.10. The van der Waals surface area contributed by atoms with Crippen molar-refractivity contribution >= 4 is 22.4 Å². The SMILES string of the molecule is COc1cccc2c1nc(N)n1nc(Cc3ccccc3OC(F)F)cc21. The fraction of sp³-hybridized carbons (Fsp3) is 0.158. The topological polar surface area (TPSA) is 74.7 Å². The van der Waals surface area contributed by atoms with Crippen LogP contribution in [-0.2, 0) is 6.42 Å². The van der Waals surface area contributed by atoms with Crippen molar-refractivity contribution in [1.82, 2.24) is 14.6 Å². The predicted molar refractivity (Wildman–Crippen MR) is 97.3 cm³/mol. The molecule has 2 heterocycles. The van der Waals surface area contributed by atoms with Crippen molar-refractivity contribution < 1.29 is 18.3 Å². The van der Waals surface area contributed by atoms with Crippen LogP contribution in [0, 0.1) is 0 Å². The van der Waals surface area contributed by atoms with Crippen LogP contribution in [0.5, 0.6) is 11.5 Å². The van der Waals surface area contributed by atoms with E-state index in [2.05, 4.69) is 14.8 Å². The lowest BCUT2D eigenvalue weighted by Crippen LogP contribution is -2.05. The molecule has 0 saturated carbocycles. The molecular weight excluding hydrogens is 354 g/mol. The largest absolute Gasteiger partial charge is 0.494 e. The van der Waals surface area contributed by atoms with Crippen molar-refractivity contribution in [3.8, 4) is 11.5 Å². The molecular formula is C19H16F2N4O2. The zero-order valence-corrected chi connectivity index (χ0v) is 14.4. The van der Waals surface area contributed by atoms with Crippen LogP contribution >= 0.6 is 0 Å².